The van der Waals surface area contributed by atoms with E-state index in [0.717, 1.165) is 56.2 Å². The Bertz CT molecular complexity index is 553. The Morgan fingerprint density at radius 2 is 2.17 bits per heavy atom. The molecule has 0 radical (unpaired) electrons. The molecule has 1 aromatic carbocycles. The summed E-state index contributed by atoms with van der Waals surface area (Å²) in [7, 11) is 0. The summed E-state index contributed by atoms with van der Waals surface area (Å²) in [5.74, 6) is 0.247. The maximum absolute atomic E-state index is 12.1. The van der Waals surface area contributed by atoms with Crippen molar-refractivity contribution in [2.45, 2.75) is 32.4 Å². The molecule has 0 bridgehead atoms. The van der Waals surface area contributed by atoms with E-state index in [1.165, 1.54) is 5.56 Å². The second-order valence-corrected chi connectivity index (χ2v) is 6.79. The normalized spacial score (nSPS) is 22.8. The van der Waals surface area contributed by atoms with Gasteiger partial charge in [0, 0.05) is 37.2 Å². The predicted octanol–water partition coefficient (Wildman–Crippen LogP) is 2.47. The number of benzene rings is 1. The molecule has 2 aliphatic heterocycles. The summed E-state index contributed by atoms with van der Waals surface area (Å²) in [4.78, 5) is 16.6. The molecule has 1 atom stereocenters. The highest BCUT2D eigenvalue weighted by molar-refractivity contribution is 6.31. The first-order chi connectivity index (χ1) is 10.6. The van der Waals surface area contributed by atoms with E-state index in [-0.39, 0.29) is 18.3 Å². The van der Waals surface area contributed by atoms with Crippen molar-refractivity contribution in [3.8, 4) is 0 Å². The first-order valence-electron chi connectivity index (χ1n) is 8.11. The molecule has 0 spiro atoms. The lowest BCUT2D eigenvalue weighted by molar-refractivity contribution is -0.135. The number of nitrogens with one attached hydrogen (secondary N) is 1. The molecule has 1 amide bonds. The molecule has 3 rings (SSSR count). The lowest BCUT2D eigenvalue weighted by atomic mass is 10.0. The van der Waals surface area contributed by atoms with Crippen LogP contribution in [0.25, 0.3) is 0 Å². The number of halogens is 2. The average molecular weight is 358 g/mol. The first-order valence-corrected chi connectivity index (χ1v) is 8.49. The van der Waals surface area contributed by atoms with Crippen LogP contribution in [0.5, 0.6) is 0 Å². The highest BCUT2D eigenvalue weighted by atomic mass is 35.5. The summed E-state index contributed by atoms with van der Waals surface area (Å²) in [6.45, 7) is 7.25. The van der Waals surface area contributed by atoms with Crippen LogP contribution >= 0.6 is 24.0 Å². The van der Waals surface area contributed by atoms with Crippen LogP contribution in [-0.4, -0.2) is 54.5 Å². The Morgan fingerprint density at radius 3 is 2.91 bits per heavy atom. The average Bonchev–Trinajstić information content (AvgIpc) is 2.52. The minimum absolute atomic E-state index is 0. The van der Waals surface area contributed by atoms with Crippen molar-refractivity contribution in [1.82, 2.24) is 15.1 Å². The second kappa shape index (κ2) is 8.34. The number of nitrogens with zero attached hydrogens (tertiary/aromatic N) is 2. The fourth-order valence-electron chi connectivity index (χ4n) is 3.43. The molecule has 2 saturated heterocycles. The molecule has 23 heavy (non-hydrogen) atoms. The summed E-state index contributed by atoms with van der Waals surface area (Å²) in [5.41, 5.74) is 2.37. The monoisotopic (exact) mass is 357 g/mol. The molecule has 128 valence electrons. The highest BCUT2D eigenvalue weighted by Crippen LogP contribution is 2.21. The van der Waals surface area contributed by atoms with Crippen LogP contribution in [-0.2, 0) is 11.3 Å². The Hall–Kier alpha value is -0.810. The van der Waals surface area contributed by atoms with Crippen LogP contribution in [0, 0.1) is 6.92 Å². The Balaban J connectivity index is 0.00000192. The molecule has 1 aromatic rings. The third-order valence-electron chi connectivity index (χ3n) is 4.69. The molecule has 6 heteroatoms. The van der Waals surface area contributed by atoms with Crippen molar-refractivity contribution in [2.75, 3.05) is 32.7 Å². The van der Waals surface area contributed by atoms with Gasteiger partial charge in [0.2, 0.25) is 5.91 Å². The molecule has 1 N–H and O–H groups in total. The van der Waals surface area contributed by atoms with Crippen molar-refractivity contribution < 1.29 is 4.79 Å². The molecular formula is C17H25Cl2N3O. The zero-order valence-electron chi connectivity index (χ0n) is 13.6. The van der Waals surface area contributed by atoms with Gasteiger partial charge in [-0.1, -0.05) is 23.7 Å². The van der Waals surface area contributed by atoms with Gasteiger partial charge in [0.1, 0.15) is 0 Å². The molecule has 0 aliphatic carbocycles. The Labute approximate surface area is 149 Å². The molecule has 4 nitrogen and oxygen atoms in total. The van der Waals surface area contributed by atoms with Crippen molar-refractivity contribution in [2.24, 2.45) is 0 Å². The molecule has 2 heterocycles. The summed E-state index contributed by atoms with van der Waals surface area (Å²) in [6.07, 6.45) is 2.28. The van der Waals surface area contributed by atoms with Gasteiger partial charge in [-0.3, -0.25) is 9.69 Å². The zero-order valence-corrected chi connectivity index (χ0v) is 15.1. The maximum atomic E-state index is 12.1. The number of piperidine rings is 1. The standard InChI is InChI=1S/C17H24ClN3O.ClH/c1-13-4-5-14(9-16(13)18)11-20-7-2-3-15(12-20)21-8-6-19-10-17(21)22;/h4-5,9,15,19H,2-3,6-8,10-12H2,1H3;1H. The Morgan fingerprint density at radius 1 is 1.35 bits per heavy atom. The number of likely N-dealkylation sites (tertiary alicyclic amines) is 1. The largest absolute Gasteiger partial charge is 0.336 e. The van der Waals surface area contributed by atoms with Gasteiger partial charge in [0.25, 0.3) is 0 Å². The fourth-order valence-corrected chi connectivity index (χ4v) is 3.63. The lowest BCUT2D eigenvalue weighted by Crippen LogP contribution is -2.56. The van der Waals surface area contributed by atoms with Gasteiger partial charge >= 0.3 is 0 Å². The van der Waals surface area contributed by atoms with Crippen molar-refractivity contribution >= 4 is 29.9 Å². The number of piperazine rings is 1. The summed E-state index contributed by atoms with van der Waals surface area (Å²) < 4.78 is 0. The summed E-state index contributed by atoms with van der Waals surface area (Å²) in [6, 6.07) is 6.67. The van der Waals surface area contributed by atoms with E-state index in [1.54, 1.807) is 0 Å². The van der Waals surface area contributed by atoms with Crippen molar-refractivity contribution in [3.05, 3.63) is 34.3 Å². The topological polar surface area (TPSA) is 35.6 Å². The molecule has 0 saturated carbocycles. The van der Waals surface area contributed by atoms with Crippen molar-refractivity contribution in [1.29, 1.82) is 0 Å². The first kappa shape index (κ1) is 18.5. The Kier molecular flexibility index (Phi) is 6.72. The molecule has 2 fully saturated rings. The van der Waals surface area contributed by atoms with Gasteiger partial charge in [-0.2, -0.15) is 0 Å². The number of carbonyl (C=O) groups excluding carboxylic acids is 1. The van der Waals surface area contributed by atoms with Crippen LogP contribution in [0.4, 0.5) is 0 Å². The number of amides is 1. The van der Waals surface area contributed by atoms with Gasteiger partial charge in [-0.05, 0) is 43.5 Å². The van der Waals surface area contributed by atoms with Crippen LogP contribution in [0.2, 0.25) is 5.02 Å². The number of hydrogen-bond donors (Lipinski definition) is 1. The van der Waals surface area contributed by atoms with Crippen molar-refractivity contribution in [3.63, 3.8) is 0 Å². The number of carbonyl (C=O) groups is 1. The van der Waals surface area contributed by atoms with E-state index in [1.807, 2.05) is 6.92 Å². The van der Waals surface area contributed by atoms with Gasteiger partial charge in [-0.15, -0.1) is 12.4 Å². The molecule has 2 aliphatic rings. The van der Waals surface area contributed by atoms with E-state index in [2.05, 4.69) is 33.3 Å². The highest BCUT2D eigenvalue weighted by Gasteiger charge is 2.29. The predicted molar refractivity (Wildman–Crippen MR) is 96.3 cm³/mol. The van der Waals surface area contributed by atoms with Crippen LogP contribution < -0.4 is 5.32 Å². The third-order valence-corrected chi connectivity index (χ3v) is 5.10. The molecule has 0 aromatic heterocycles. The lowest BCUT2D eigenvalue weighted by Gasteiger charge is -2.41. The molecule has 1 unspecified atom stereocenters. The minimum Gasteiger partial charge on any atom is -0.336 e. The van der Waals surface area contributed by atoms with Crippen LogP contribution in [0.3, 0.4) is 0 Å². The summed E-state index contributed by atoms with van der Waals surface area (Å²) >= 11 is 6.22. The zero-order chi connectivity index (χ0) is 15.5. The number of rotatable bonds is 3. The van der Waals surface area contributed by atoms with Crippen LogP contribution in [0.1, 0.15) is 24.0 Å². The molecular weight excluding hydrogens is 333 g/mol. The second-order valence-electron chi connectivity index (χ2n) is 6.38. The smallest absolute Gasteiger partial charge is 0.236 e. The SMILES string of the molecule is Cc1ccc(CN2CCCC(N3CCNCC3=O)C2)cc1Cl.Cl. The van der Waals surface area contributed by atoms with Gasteiger partial charge < -0.3 is 10.2 Å². The fraction of sp³-hybridized carbons (Fsp3) is 0.588. The quantitative estimate of drug-likeness (QED) is 0.902. The van der Waals surface area contributed by atoms with E-state index in [9.17, 15) is 4.79 Å². The van der Waals surface area contributed by atoms with E-state index in [0.29, 0.717) is 12.6 Å². The number of aryl methyl sites for hydroxylation is 1. The van der Waals surface area contributed by atoms with Gasteiger partial charge in [0.15, 0.2) is 0 Å². The summed E-state index contributed by atoms with van der Waals surface area (Å²) in [5, 5.41) is 3.98. The maximum Gasteiger partial charge on any atom is 0.236 e. The third kappa shape index (κ3) is 4.60. The van der Waals surface area contributed by atoms with E-state index >= 15 is 0 Å². The van der Waals surface area contributed by atoms with E-state index < -0.39 is 0 Å². The number of hydrogen-bond acceptors (Lipinski definition) is 3. The van der Waals surface area contributed by atoms with Crippen LogP contribution in [0.15, 0.2) is 18.2 Å². The van der Waals surface area contributed by atoms with Gasteiger partial charge in [-0.25, -0.2) is 0 Å². The van der Waals surface area contributed by atoms with Gasteiger partial charge in [0.05, 0.1) is 6.54 Å². The minimum atomic E-state index is 0. The van der Waals surface area contributed by atoms with E-state index in [4.69, 9.17) is 11.6 Å².